The molecule has 0 aromatic carbocycles. The highest BCUT2D eigenvalue weighted by molar-refractivity contribution is 6.29. The summed E-state index contributed by atoms with van der Waals surface area (Å²) in [4.78, 5) is 8.03. The minimum absolute atomic E-state index is 0.761. The van der Waals surface area contributed by atoms with Crippen LogP contribution in [0.15, 0.2) is 34.8 Å². The molecule has 0 aliphatic carbocycles. The molecule has 0 fully saturated rings. The summed E-state index contributed by atoms with van der Waals surface area (Å²) in [6, 6.07) is 0. The van der Waals surface area contributed by atoms with E-state index in [2.05, 4.69) is 21.8 Å². The van der Waals surface area contributed by atoms with Crippen molar-refractivity contribution in [1.29, 1.82) is 0 Å². The van der Waals surface area contributed by atoms with Crippen LogP contribution in [0, 0.1) is 25.7 Å². The van der Waals surface area contributed by atoms with E-state index in [9.17, 15) is 0 Å². The Morgan fingerprint density at radius 2 is 1.32 bits per heavy atom. The molecule has 0 radical (unpaired) electrons. The molecule has 144 valence electrons. The number of nitrogens with zero attached hydrogens (tertiary/aromatic N) is 2. The van der Waals surface area contributed by atoms with Gasteiger partial charge in [-0.25, -0.2) is 0 Å². The van der Waals surface area contributed by atoms with Crippen LogP contribution in [-0.2, 0) is 0 Å². The number of halogens is 1. The van der Waals surface area contributed by atoms with Crippen molar-refractivity contribution >= 4 is 11.6 Å². The van der Waals surface area contributed by atoms with Crippen LogP contribution in [0.25, 0.3) is 0 Å². The summed E-state index contributed by atoms with van der Waals surface area (Å²) in [5.41, 5.74) is 9.26. The molecule has 0 saturated heterocycles. The third-order valence-corrected chi connectivity index (χ3v) is 2.27. The van der Waals surface area contributed by atoms with E-state index >= 15 is 0 Å². The average molecular weight is 368 g/mol. The first kappa shape index (κ1) is 31.0. The quantitative estimate of drug-likeness (QED) is 0.451. The molecule has 0 saturated carbocycles. The zero-order chi connectivity index (χ0) is 20.8. The molecule has 0 unspecified atom stereocenters. The van der Waals surface area contributed by atoms with Gasteiger partial charge in [0.05, 0.1) is 11.4 Å². The zero-order valence-electron chi connectivity index (χ0n) is 18.1. The van der Waals surface area contributed by atoms with Gasteiger partial charge in [0.15, 0.2) is 0 Å². The molecule has 2 N–H and O–H groups in total. The first-order valence-corrected chi connectivity index (χ1v) is 8.97. The topological polar surface area (TPSA) is 51.8 Å². The summed E-state index contributed by atoms with van der Waals surface area (Å²) in [5.74, 6) is 5.36. The van der Waals surface area contributed by atoms with Gasteiger partial charge in [-0.1, -0.05) is 39.3 Å². The number of rotatable bonds is 1. The summed E-state index contributed by atoms with van der Waals surface area (Å²) in [6.45, 7) is 21.1. The van der Waals surface area contributed by atoms with Crippen molar-refractivity contribution in [3.8, 4) is 11.8 Å². The summed E-state index contributed by atoms with van der Waals surface area (Å²) < 4.78 is 0. The Kier molecular flexibility index (Phi) is 30.4. The Morgan fingerprint density at radius 3 is 1.44 bits per heavy atom. The highest BCUT2D eigenvalue weighted by Crippen LogP contribution is 2.06. The minimum Gasteiger partial charge on any atom is -0.402 e. The van der Waals surface area contributed by atoms with E-state index < -0.39 is 0 Å². The summed E-state index contributed by atoms with van der Waals surface area (Å²) in [5, 5.41) is 0.761. The predicted molar refractivity (Wildman–Crippen MR) is 115 cm³/mol. The second-order valence-electron chi connectivity index (χ2n) is 4.40. The predicted octanol–water partition coefficient (Wildman–Crippen LogP) is 6.56. The summed E-state index contributed by atoms with van der Waals surface area (Å²) in [6.07, 6.45) is 5.33. The lowest BCUT2D eigenvalue weighted by atomic mass is 10.2. The largest absolute Gasteiger partial charge is 0.402 e. The van der Waals surface area contributed by atoms with Gasteiger partial charge >= 0.3 is 0 Å². The SMILES string of the molecule is C/C(N)=C(C)/C=C(\C)Cl.CC.CC.CC#CC.Cc1cncc(C)n1. The maximum absolute atomic E-state index is 5.59. The molecule has 1 heterocycles. The maximum atomic E-state index is 5.59. The molecular formula is C21H38ClN3. The van der Waals surface area contributed by atoms with Crippen LogP contribution in [0.5, 0.6) is 0 Å². The highest BCUT2D eigenvalue weighted by Gasteiger charge is 1.86. The van der Waals surface area contributed by atoms with Gasteiger partial charge in [0.1, 0.15) is 0 Å². The molecular weight excluding hydrogens is 330 g/mol. The second kappa shape index (κ2) is 24.5. The van der Waals surface area contributed by atoms with Crippen molar-refractivity contribution in [2.75, 3.05) is 0 Å². The van der Waals surface area contributed by atoms with Crippen molar-refractivity contribution in [2.24, 2.45) is 5.73 Å². The molecule has 0 aliphatic heterocycles. The van der Waals surface area contributed by atoms with Crippen LogP contribution in [0.1, 0.15) is 73.7 Å². The molecule has 3 nitrogen and oxygen atoms in total. The second-order valence-corrected chi connectivity index (χ2v) is 5.00. The van der Waals surface area contributed by atoms with E-state index in [-0.39, 0.29) is 0 Å². The molecule has 1 aromatic heterocycles. The molecule has 1 aromatic rings. The smallest absolute Gasteiger partial charge is 0.0558 e. The fourth-order valence-corrected chi connectivity index (χ4v) is 1.16. The van der Waals surface area contributed by atoms with Crippen molar-refractivity contribution in [3.05, 3.63) is 46.2 Å². The molecule has 0 amide bonds. The van der Waals surface area contributed by atoms with E-state index in [4.69, 9.17) is 17.3 Å². The average Bonchev–Trinajstić information content (AvgIpc) is 2.58. The molecule has 1 rings (SSSR count). The molecule has 4 heteroatoms. The van der Waals surface area contributed by atoms with Gasteiger partial charge in [-0.15, -0.1) is 11.8 Å². The van der Waals surface area contributed by atoms with Crippen molar-refractivity contribution in [1.82, 2.24) is 9.97 Å². The molecule has 0 atom stereocenters. The molecule has 25 heavy (non-hydrogen) atoms. The standard InChI is InChI=1S/C7H12ClN.C6H8N2.C4H6.2C2H6/c1-5(7(3)9)4-6(2)8;1-5-3-7-4-6(2)8-5;1-3-4-2;2*1-2/h4H,9H2,1-3H3;3-4H,1-2H3;1-2H3;2*1-2H3/b6-4+,7-5-;;;;. The van der Waals surface area contributed by atoms with Gasteiger partial charge < -0.3 is 5.73 Å². The van der Waals surface area contributed by atoms with Gasteiger partial charge in [-0.05, 0) is 60.1 Å². The fraction of sp³-hybridized carbons (Fsp3) is 0.524. The number of aryl methyl sites for hydroxylation is 2. The third-order valence-electron chi connectivity index (χ3n) is 2.16. The Hall–Kier alpha value is -1.79. The minimum atomic E-state index is 0.761. The molecule has 0 spiro atoms. The number of aromatic nitrogens is 2. The first-order valence-electron chi connectivity index (χ1n) is 8.60. The lowest BCUT2D eigenvalue weighted by molar-refractivity contribution is 1.05. The van der Waals surface area contributed by atoms with Gasteiger partial charge in [0.25, 0.3) is 0 Å². The zero-order valence-corrected chi connectivity index (χ0v) is 18.8. The Bertz CT molecular complexity index is 504. The monoisotopic (exact) mass is 367 g/mol. The number of hydrogen-bond donors (Lipinski definition) is 1. The van der Waals surface area contributed by atoms with Crippen molar-refractivity contribution in [3.63, 3.8) is 0 Å². The molecule has 0 bridgehead atoms. The van der Waals surface area contributed by atoms with E-state index in [1.165, 1.54) is 0 Å². The van der Waals surface area contributed by atoms with Gasteiger partial charge in [0.2, 0.25) is 0 Å². The van der Waals surface area contributed by atoms with Crippen LogP contribution in [-0.4, -0.2) is 9.97 Å². The van der Waals surface area contributed by atoms with E-state index in [0.717, 1.165) is 27.7 Å². The summed E-state index contributed by atoms with van der Waals surface area (Å²) in [7, 11) is 0. The van der Waals surface area contributed by atoms with Crippen LogP contribution >= 0.6 is 11.6 Å². The number of allylic oxidation sites excluding steroid dienone is 4. The van der Waals surface area contributed by atoms with E-state index in [0.29, 0.717) is 0 Å². The lowest BCUT2D eigenvalue weighted by Crippen LogP contribution is -1.93. The Labute approximate surface area is 161 Å². The van der Waals surface area contributed by atoms with Crippen LogP contribution in [0.3, 0.4) is 0 Å². The summed E-state index contributed by atoms with van der Waals surface area (Å²) >= 11 is 5.59. The van der Waals surface area contributed by atoms with Crippen molar-refractivity contribution in [2.45, 2.75) is 76.2 Å². The van der Waals surface area contributed by atoms with Gasteiger partial charge in [-0.3, -0.25) is 9.97 Å². The Morgan fingerprint density at radius 1 is 0.960 bits per heavy atom. The fourth-order valence-electron chi connectivity index (χ4n) is 1.00. The normalized spacial score (nSPS) is 9.52. The molecule has 0 aliphatic rings. The van der Waals surface area contributed by atoms with Crippen molar-refractivity contribution < 1.29 is 0 Å². The van der Waals surface area contributed by atoms with E-state index in [1.807, 2.05) is 82.2 Å². The highest BCUT2D eigenvalue weighted by atomic mass is 35.5. The maximum Gasteiger partial charge on any atom is 0.0558 e. The number of nitrogens with two attached hydrogens (primary N) is 1. The lowest BCUT2D eigenvalue weighted by Gasteiger charge is -1.94. The van der Waals surface area contributed by atoms with Crippen LogP contribution in [0.2, 0.25) is 0 Å². The van der Waals surface area contributed by atoms with Gasteiger partial charge in [0, 0.05) is 23.1 Å². The third kappa shape index (κ3) is 30.6. The first-order chi connectivity index (χ1) is 11.7. The van der Waals surface area contributed by atoms with Crippen LogP contribution in [0.4, 0.5) is 0 Å². The van der Waals surface area contributed by atoms with E-state index in [1.54, 1.807) is 12.4 Å². The number of hydrogen-bond acceptors (Lipinski definition) is 3. The Balaban J connectivity index is -0.000000126. The van der Waals surface area contributed by atoms with Gasteiger partial charge in [-0.2, -0.15) is 0 Å². The van der Waals surface area contributed by atoms with Crippen LogP contribution < -0.4 is 5.73 Å².